The Hall–Kier alpha value is -1.00. The van der Waals surface area contributed by atoms with Crippen LogP contribution in [-0.2, 0) is 0 Å². The van der Waals surface area contributed by atoms with E-state index >= 15 is 0 Å². The van der Waals surface area contributed by atoms with Crippen LogP contribution in [0.15, 0.2) is 18.6 Å². The summed E-state index contributed by atoms with van der Waals surface area (Å²) in [5.74, 6) is 0.448. The summed E-state index contributed by atoms with van der Waals surface area (Å²) < 4.78 is 1.89. The molecule has 0 atom stereocenters. The number of quaternary nitrogens is 2. The number of hydrogen-bond acceptors (Lipinski definition) is 2. The van der Waals surface area contributed by atoms with Gasteiger partial charge in [0.05, 0.1) is 61.1 Å². The molecule has 0 bridgehead atoms. The molecule has 0 amide bonds. The smallest absolute Gasteiger partial charge is 0.101 e. The molecule has 4 nitrogen and oxygen atoms in total. The second kappa shape index (κ2) is 5.10. The Balaban J connectivity index is 2.87. The van der Waals surface area contributed by atoms with Gasteiger partial charge in [-0.2, -0.15) is 0 Å². The molecular formula is C13H26N4+2. The van der Waals surface area contributed by atoms with E-state index in [1.54, 1.807) is 12.4 Å². The zero-order valence-electron chi connectivity index (χ0n) is 12.0. The molecule has 96 valence electrons. The van der Waals surface area contributed by atoms with Crippen molar-refractivity contribution in [3.05, 3.63) is 24.3 Å². The van der Waals surface area contributed by atoms with Crippen LogP contribution in [0.4, 0.5) is 0 Å². The third kappa shape index (κ3) is 5.75. The minimum atomic E-state index is 0.448. The van der Waals surface area contributed by atoms with E-state index in [2.05, 4.69) is 52.3 Å². The molecule has 4 heteroatoms. The molecule has 0 saturated heterocycles. The Labute approximate surface area is 105 Å². The largest absolute Gasteiger partial charge is 0.330 e. The lowest BCUT2D eigenvalue weighted by molar-refractivity contribution is -0.892. The molecule has 0 radical (unpaired) electrons. The predicted molar refractivity (Wildman–Crippen MR) is 70.6 cm³/mol. The van der Waals surface area contributed by atoms with Gasteiger partial charge in [0, 0.05) is 18.6 Å². The van der Waals surface area contributed by atoms with Crippen LogP contribution in [0.2, 0.25) is 0 Å². The second-order valence-electron chi connectivity index (χ2n) is 6.77. The van der Waals surface area contributed by atoms with Gasteiger partial charge in [-0.05, 0) is 0 Å². The zero-order valence-corrected chi connectivity index (χ0v) is 12.0. The predicted octanol–water partition coefficient (Wildman–Crippen LogP) is 0.973. The van der Waals surface area contributed by atoms with Gasteiger partial charge in [0.25, 0.3) is 0 Å². The molecule has 1 rings (SSSR count). The molecule has 1 aromatic heterocycles. The lowest BCUT2D eigenvalue weighted by Crippen LogP contribution is -2.45. The second-order valence-corrected chi connectivity index (χ2v) is 6.77. The minimum Gasteiger partial charge on any atom is -0.330 e. The summed E-state index contributed by atoms with van der Waals surface area (Å²) >= 11 is 0. The van der Waals surface area contributed by atoms with Crippen molar-refractivity contribution in [2.24, 2.45) is 0 Å². The molecule has 0 aliphatic carbocycles. The summed E-state index contributed by atoms with van der Waals surface area (Å²) in [5.41, 5.74) is 1.11. The van der Waals surface area contributed by atoms with Crippen LogP contribution in [-0.4, -0.2) is 74.3 Å². The first-order chi connectivity index (χ1) is 7.67. The molecule has 0 aliphatic rings. The van der Waals surface area contributed by atoms with Crippen LogP contribution in [0.1, 0.15) is 11.6 Å². The van der Waals surface area contributed by atoms with Gasteiger partial charge in [-0.1, -0.05) is 0 Å². The number of nitrogens with zero attached hydrogens (tertiary/aromatic N) is 4. The highest BCUT2D eigenvalue weighted by atomic mass is 15.3. The maximum atomic E-state index is 4.46. The van der Waals surface area contributed by atoms with E-state index in [0.29, 0.717) is 5.92 Å². The monoisotopic (exact) mass is 238 g/mol. The van der Waals surface area contributed by atoms with E-state index in [4.69, 9.17) is 0 Å². The number of rotatable bonds is 5. The molecule has 1 heterocycles. The molecule has 0 unspecified atom stereocenters. The quantitative estimate of drug-likeness (QED) is 0.715. The van der Waals surface area contributed by atoms with Crippen LogP contribution >= 0.6 is 0 Å². The van der Waals surface area contributed by atoms with Crippen molar-refractivity contribution < 1.29 is 8.97 Å². The first-order valence-electron chi connectivity index (χ1n) is 6.04. The van der Waals surface area contributed by atoms with Gasteiger partial charge in [-0.25, -0.2) is 0 Å². The van der Waals surface area contributed by atoms with Gasteiger partial charge >= 0.3 is 0 Å². The molecule has 0 aliphatic heterocycles. The van der Waals surface area contributed by atoms with Crippen LogP contribution in [0.25, 0.3) is 0 Å². The average Bonchev–Trinajstić information content (AvgIpc) is 2.14. The maximum Gasteiger partial charge on any atom is 0.101 e. The van der Waals surface area contributed by atoms with Crippen molar-refractivity contribution in [1.82, 2.24) is 9.97 Å². The highest BCUT2D eigenvalue weighted by Gasteiger charge is 2.26. The molecule has 0 saturated carbocycles. The van der Waals surface area contributed by atoms with Gasteiger partial charge in [-0.15, -0.1) is 0 Å². The lowest BCUT2D eigenvalue weighted by atomic mass is 10.0. The van der Waals surface area contributed by atoms with Crippen LogP contribution in [0.3, 0.4) is 0 Å². The van der Waals surface area contributed by atoms with Gasteiger partial charge in [0.1, 0.15) is 5.92 Å². The SMILES string of the molecule is C[N+](C)(C)CC(C[N+](C)(C)C)c1cnccn1. The lowest BCUT2D eigenvalue weighted by Gasteiger charge is -2.33. The number of hydrogen-bond donors (Lipinski definition) is 0. The molecule has 17 heavy (non-hydrogen) atoms. The third-order valence-electron chi connectivity index (χ3n) is 2.54. The normalized spacial score (nSPS) is 13.1. The fourth-order valence-corrected chi connectivity index (χ4v) is 2.09. The van der Waals surface area contributed by atoms with E-state index in [9.17, 15) is 0 Å². The molecule has 0 fully saturated rings. The summed E-state index contributed by atoms with van der Waals surface area (Å²) in [5, 5.41) is 0. The van der Waals surface area contributed by atoms with Crippen molar-refractivity contribution in [2.45, 2.75) is 5.92 Å². The Morgan fingerprint density at radius 2 is 1.47 bits per heavy atom. The first kappa shape index (κ1) is 14.1. The van der Waals surface area contributed by atoms with E-state index in [0.717, 1.165) is 27.7 Å². The number of likely N-dealkylation sites (N-methyl/N-ethyl adjacent to an activating group) is 2. The third-order valence-corrected chi connectivity index (χ3v) is 2.54. The van der Waals surface area contributed by atoms with Crippen molar-refractivity contribution in [3.63, 3.8) is 0 Å². The fraction of sp³-hybridized carbons (Fsp3) is 0.692. The Morgan fingerprint density at radius 1 is 0.941 bits per heavy atom. The van der Waals surface area contributed by atoms with Crippen LogP contribution < -0.4 is 0 Å². The minimum absolute atomic E-state index is 0.448. The van der Waals surface area contributed by atoms with Crippen molar-refractivity contribution in [1.29, 1.82) is 0 Å². The molecular weight excluding hydrogens is 212 g/mol. The summed E-state index contributed by atoms with van der Waals surface area (Å²) in [6.45, 7) is 2.16. The summed E-state index contributed by atoms with van der Waals surface area (Å²) in [4.78, 5) is 8.65. The Bertz CT molecular complexity index is 319. The standard InChI is InChI=1S/C13H26N4/c1-16(2,3)10-12(11-17(4,5)6)13-9-14-7-8-15-13/h7-9,12H,10-11H2,1-6H3/q+2. The van der Waals surface area contributed by atoms with Crippen LogP contribution in [0.5, 0.6) is 0 Å². The molecule has 0 spiro atoms. The zero-order chi connectivity index (χ0) is 13.1. The van der Waals surface area contributed by atoms with E-state index in [-0.39, 0.29) is 0 Å². The first-order valence-corrected chi connectivity index (χ1v) is 6.04. The van der Waals surface area contributed by atoms with Crippen molar-refractivity contribution in [3.8, 4) is 0 Å². The average molecular weight is 238 g/mol. The molecule has 0 aromatic carbocycles. The van der Waals surface area contributed by atoms with Gasteiger partial charge in [0.2, 0.25) is 0 Å². The topological polar surface area (TPSA) is 25.8 Å². The van der Waals surface area contributed by atoms with Gasteiger partial charge in [-0.3, -0.25) is 9.97 Å². The maximum absolute atomic E-state index is 4.46. The fourth-order valence-electron chi connectivity index (χ4n) is 2.09. The summed E-state index contributed by atoms with van der Waals surface area (Å²) in [6.07, 6.45) is 5.42. The van der Waals surface area contributed by atoms with Crippen LogP contribution in [0, 0.1) is 0 Å². The highest BCUT2D eigenvalue weighted by Crippen LogP contribution is 2.18. The van der Waals surface area contributed by atoms with Gasteiger partial charge in [0.15, 0.2) is 0 Å². The van der Waals surface area contributed by atoms with Gasteiger partial charge < -0.3 is 8.97 Å². The van der Waals surface area contributed by atoms with E-state index in [1.165, 1.54) is 0 Å². The molecule has 0 N–H and O–H groups in total. The Morgan fingerprint density at radius 3 is 1.82 bits per heavy atom. The van der Waals surface area contributed by atoms with E-state index in [1.807, 2.05) is 6.20 Å². The summed E-state index contributed by atoms with van der Waals surface area (Å²) in [7, 11) is 13.3. The Kier molecular flexibility index (Phi) is 4.22. The molecule has 1 aromatic rings. The number of aromatic nitrogens is 2. The van der Waals surface area contributed by atoms with Crippen molar-refractivity contribution >= 4 is 0 Å². The van der Waals surface area contributed by atoms with Crippen molar-refractivity contribution in [2.75, 3.05) is 55.4 Å². The summed E-state index contributed by atoms with van der Waals surface area (Å²) in [6, 6.07) is 0. The van der Waals surface area contributed by atoms with E-state index < -0.39 is 0 Å². The highest BCUT2D eigenvalue weighted by molar-refractivity contribution is 5.03.